The summed E-state index contributed by atoms with van der Waals surface area (Å²) in [4.78, 5) is 25.9. The van der Waals surface area contributed by atoms with E-state index in [1.165, 1.54) is 6.92 Å². The number of nitrogens with zero attached hydrogens (tertiary/aromatic N) is 1. The molecule has 0 bridgehead atoms. The van der Waals surface area contributed by atoms with Gasteiger partial charge in [0.2, 0.25) is 11.8 Å². The molecule has 2 rings (SSSR count). The third kappa shape index (κ3) is 4.96. The lowest BCUT2D eigenvalue weighted by Crippen LogP contribution is -2.48. The van der Waals surface area contributed by atoms with Crippen LogP contribution in [0.2, 0.25) is 0 Å². The number of carbonyl (C=O) groups excluding carboxylic acids is 2. The predicted octanol–water partition coefficient (Wildman–Crippen LogP) is 1.73. The number of rotatable bonds is 7. The fraction of sp³-hybridized carbons (Fsp3) is 0.556. The smallest absolute Gasteiger partial charge is 0.242 e. The molecule has 6 nitrogen and oxygen atoms in total. The molecule has 1 aromatic carbocycles. The van der Waals surface area contributed by atoms with Gasteiger partial charge in [-0.25, -0.2) is 0 Å². The third-order valence-corrected chi connectivity index (χ3v) is 4.29. The highest BCUT2D eigenvalue weighted by molar-refractivity contribution is 5.86. The van der Waals surface area contributed by atoms with Crippen LogP contribution in [0.4, 0.5) is 0 Å². The molecule has 2 atom stereocenters. The quantitative estimate of drug-likeness (QED) is 0.824. The molecule has 0 unspecified atom stereocenters. The third-order valence-electron chi connectivity index (χ3n) is 4.29. The van der Waals surface area contributed by atoms with Gasteiger partial charge in [-0.15, -0.1) is 0 Å². The zero-order valence-electron chi connectivity index (χ0n) is 14.6. The Morgan fingerprint density at radius 1 is 1.38 bits per heavy atom. The molecule has 0 spiro atoms. The highest BCUT2D eigenvalue weighted by Crippen LogP contribution is 2.15. The first-order valence-electron chi connectivity index (χ1n) is 8.30. The summed E-state index contributed by atoms with van der Waals surface area (Å²) in [6.45, 7) is 4.86. The summed E-state index contributed by atoms with van der Waals surface area (Å²) >= 11 is 0. The zero-order valence-corrected chi connectivity index (χ0v) is 14.6. The van der Waals surface area contributed by atoms with Crippen LogP contribution in [0.25, 0.3) is 0 Å². The van der Waals surface area contributed by atoms with Crippen molar-refractivity contribution in [1.29, 1.82) is 0 Å². The van der Waals surface area contributed by atoms with Crippen molar-refractivity contribution in [2.45, 2.75) is 45.4 Å². The van der Waals surface area contributed by atoms with Crippen molar-refractivity contribution in [2.75, 3.05) is 20.3 Å². The van der Waals surface area contributed by atoms with Crippen LogP contribution in [0, 0.1) is 0 Å². The highest BCUT2D eigenvalue weighted by Gasteiger charge is 2.25. The maximum Gasteiger partial charge on any atom is 0.242 e. The van der Waals surface area contributed by atoms with Gasteiger partial charge in [0.05, 0.1) is 13.2 Å². The van der Waals surface area contributed by atoms with E-state index in [4.69, 9.17) is 9.47 Å². The van der Waals surface area contributed by atoms with E-state index in [2.05, 4.69) is 5.32 Å². The molecule has 0 aliphatic carbocycles. The monoisotopic (exact) mass is 334 g/mol. The number of hydrogen-bond donors (Lipinski definition) is 1. The molecule has 1 aliphatic rings. The van der Waals surface area contributed by atoms with Crippen LogP contribution in [0.1, 0.15) is 32.3 Å². The van der Waals surface area contributed by atoms with Crippen LogP contribution >= 0.6 is 0 Å². The van der Waals surface area contributed by atoms with Gasteiger partial charge in [-0.1, -0.05) is 12.1 Å². The Balaban J connectivity index is 1.94. The van der Waals surface area contributed by atoms with Gasteiger partial charge in [0.15, 0.2) is 0 Å². The van der Waals surface area contributed by atoms with Gasteiger partial charge in [0, 0.05) is 26.6 Å². The molecule has 2 amide bonds. The molecule has 6 heteroatoms. The molecule has 1 heterocycles. The van der Waals surface area contributed by atoms with Gasteiger partial charge in [-0.2, -0.15) is 0 Å². The maximum atomic E-state index is 12.4. The van der Waals surface area contributed by atoms with Crippen molar-refractivity contribution in [1.82, 2.24) is 10.2 Å². The standard InChI is InChI=1S/C18H26N2O4/c1-13(18(22)19-11-17-5-4-10-24-17)20(14(2)21)12-15-6-8-16(23-3)9-7-15/h6-9,13,17H,4-5,10-12H2,1-3H3,(H,19,22)/t13-,17+/m0/s1. The average molecular weight is 334 g/mol. The molecule has 24 heavy (non-hydrogen) atoms. The number of amides is 2. The van der Waals surface area contributed by atoms with Crippen molar-refractivity contribution < 1.29 is 19.1 Å². The van der Waals surface area contributed by atoms with E-state index < -0.39 is 6.04 Å². The first-order chi connectivity index (χ1) is 11.5. The Kier molecular flexibility index (Phi) is 6.61. The lowest BCUT2D eigenvalue weighted by atomic mass is 10.1. The van der Waals surface area contributed by atoms with E-state index in [-0.39, 0.29) is 17.9 Å². The second-order valence-electron chi connectivity index (χ2n) is 6.05. The first-order valence-corrected chi connectivity index (χ1v) is 8.30. The van der Waals surface area contributed by atoms with Gasteiger partial charge in [0.25, 0.3) is 0 Å². The summed E-state index contributed by atoms with van der Waals surface area (Å²) in [7, 11) is 1.61. The molecule has 0 saturated carbocycles. The Labute approximate surface area is 143 Å². The minimum Gasteiger partial charge on any atom is -0.497 e. The first kappa shape index (κ1) is 18.3. The molecule has 0 radical (unpaired) electrons. The van der Waals surface area contributed by atoms with Crippen molar-refractivity contribution in [2.24, 2.45) is 0 Å². The molecule has 1 fully saturated rings. The van der Waals surface area contributed by atoms with E-state index in [1.807, 2.05) is 24.3 Å². The van der Waals surface area contributed by atoms with Crippen LogP contribution in [0.5, 0.6) is 5.75 Å². The van der Waals surface area contributed by atoms with Gasteiger partial charge < -0.3 is 19.7 Å². The van der Waals surface area contributed by atoms with Gasteiger partial charge in [0.1, 0.15) is 11.8 Å². The Morgan fingerprint density at radius 2 is 2.08 bits per heavy atom. The van der Waals surface area contributed by atoms with E-state index in [9.17, 15) is 9.59 Å². The minimum absolute atomic E-state index is 0.0912. The second kappa shape index (κ2) is 8.68. The van der Waals surface area contributed by atoms with E-state index in [0.717, 1.165) is 30.8 Å². The van der Waals surface area contributed by atoms with Crippen molar-refractivity contribution >= 4 is 11.8 Å². The normalized spacial score (nSPS) is 18.0. The summed E-state index contributed by atoms with van der Waals surface area (Å²) in [5, 5.41) is 2.89. The summed E-state index contributed by atoms with van der Waals surface area (Å²) in [6, 6.07) is 6.94. The topological polar surface area (TPSA) is 67.9 Å². The number of ether oxygens (including phenoxy) is 2. The summed E-state index contributed by atoms with van der Waals surface area (Å²) in [5.74, 6) is 0.468. The largest absolute Gasteiger partial charge is 0.497 e. The maximum absolute atomic E-state index is 12.4. The van der Waals surface area contributed by atoms with E-state index >= 15 is 0 Å². The molecule has 1 aliphatic heterocycles. The molecular formula is C18H26N2O4. The molecule has 1 N–H and O–H groups in total. The summed E-state index contributed by atoms with van der Waals surface area (Å²) in [6.07, 6.45) is 2.10. The Bertz CT molecular complexity index is 553. The van der Waals surface area contributed by atoms with E-state index in [0.29, 0.717) is 13.1 Å². The second-order valence-corrected chi connectivity index (χ2v) is 6.05. The van der Waals surface area contributed by atoms with Crippen LogP contribution in [0.3, 0.4) is 0 Å². The van der Waals surface area contributed by atoms with E-state index in [1.54, 1.807) is 18.9 Å². The van der Waals surface area contributed by atoms with Crippen molar-refractivity contribution in [3.8, 4) is 5.75 Å². The van der Waals surface area contributed by atoms with Crippen molar-refractivity contribution in [3.05, 3.63) is 29.8 Å². The van der Waals surface area contributed by atoms with Crippen LogP contribution in [0.15, 0.2) is 24.3 Å². The van der Waals surface area contributed by atoms with Gasteiger partial charge in [-0.05, 0) is 37.5 Å². The number of hydrogen-bond acceptors (Lipinski definition) is 4. The predicted molar refractivity (Wildman–Crippen MR) is 90.7 cm³/mol. The molecule has 0 aromatic heterocycles. The van der Waals surface area contributed by atoms with Crippen LogP contribution in [-0.4, -0.2) is 49.1 Å². The van der Waals surface area contributed by atoms with Gasteiger partial charge in [-0.3, -0.25) is 9.59 Å². The average Bonchev–Trinajstić information content (AvgIpc) is 3.10. The van der Waals surface area contributed by atoms with Gasteiger partial charge >= 0.3 is 0 Å². The fourth-order valence-electron chi connectivity index (χ4n) is 2.76. The highest BCUT2D eigenvalue weighted by atomic mass is 16.5. The summed E-state index contributed by atoms with van der Waals surface area (Å²) < 4.78 is 10.6. The number of methoxy groups -OCH3 is 1. The molecule has 132 valence electrons. The SMILES string of the molecule is COc1ccc(CN(C(C)=O)[C@@H](C)C(=O)NC[C@H]2CCCO2)cc1. The molecule has 1 saturated heterocycles. The molecular weight excluding hydrogens is 308 g/mol. The lowest BCUT2D eigenvalue weighted by molar-refractivity contribution is -0.139. The fourth-order valence-corrected chi connectivity index (χ4v) is 2.76. The molecule has 1 aromatic rings. The Morgan fingerprint density at radius 3 is 2.62 bits per heavy atom. The number of nitrogens with one attached hydrogen (secondary N) is 1. The van der Waals surface area contributed by atoms with Crippen LogP contribution < -0.4 is 10.1 Å². The van der Waals surface area contributed by atoms with Crippen LogP contribution in [-0.2, 0) is 20.9 Å². The number of carbonyl (C=O) groups is 2. The van der Waals surface area contributed by atoms with Crippen molar-refractivity contribution in [3.63, 3.8) is 0 Å². The number of benzene rings is 1. The Hall–Kier alpha value is -2.08. The lowest BCUT2D eigenvalue weighted by Gasteiger charge is -2.28. The summed E-state index contributed by atoms with van der Waals surface area (Å²) in [5.41, 5.74) is 0.949. The minimum atomic E-state index is -0.536. The zero-order chi connectivity index (χ0) is 17.5.